The Balaban J connectivity index is 0.000000120. The molecule has 0 saturated heterocycles. The minimum atomic E-state index is -0.465. The van der Waals surface area contributed by atoms with E-state index in [1.165, 1.54) is 62.8 Å². The zero-order valence-electron chi connectivity index (χ0n) is 27.5. The van der Waals surface area contributed by atoms with Gasteiger partial charge in [-0.25, -0.2) is 0 Å². The van der Waals surface area contributed by atoms with E-state index in [0.29, 0.717) is 0 Å². The third kappa shape index (κ3) is 7.26. The average Bonchev–Trinajstić information content (AvgIpc) is 3.78. The Morgan fingerprint density at radius 2 is 0.479 bits per heavy atom. The van der Waals surface area contributed by atoms with Gasteiger partial charge < -0.3 is 0 Å². The van der Waals surface area contributed by atoms with Gasteiger partial charge in [0.15, 0.2) is 0 Å². The Kier molecular flexibility index (Phi) is 12.9. The van der Waals surface area contributed by atoms with E-state index in [4.69, 9.17) is 0 Å². The second kappa shape index (κ2) is 17.3. The molecule has 0 nitrogen and oxygen atoms in total. The molecular weight excluding hydrogens is 816 g/mol. The van der Waals surface area contributed by atoms with E-state index < -0.39 is 23.8 Å². The van der Waals surface area contributed by atoms with Crippen LogP contribution in [0.25, 0.3) is 33.4 Å². The first-order valence-electron chi connectivity index (χ1n) is 16.6. The molecule has 0 N–H and O–H groups in total. The molecule has 0 unspecified atom stereocenters. The molecular formula is C42H42Br2NiP3+3. The van der Waals surface area contributed by atoms with E-state index in [-0.39, 0.29) is 0 Å². The first-order valence-corrected chi connectivity index (χ1v) is 26.6. The van der Waals surface area contributed by atoms with Crippen LogP contribution in [0.4, 0.5) is 0 Å². The van der Waals surface area contributed by atoms with E-state index in [0.717, 1.165) is 0 Å². The van der Waals surface area contributed by atoms with E-state index in [9.17, 15) is 0 Å². The van der Waals surface area contributed by atoms with Crippen molar-refractivity contribution in [2.75, 3.05) is 18.5 Å². The molecule has 3 aliphatic heterocycles. The van der Waals surface area contributed by atoms with E-state index in [2.05, 4.69) is 195 Å². The van der Waals surface area contributed by atoms with Crippen molar-refractivity contribution < 1.29 is 10.9 Å². The quantitative estimate of drug-likeness (QED) is 0.123. The molecule has 0 radical (unpaired) electrons. The van der Waals surface area contributed by atoms with Crippen molar-refractivity contribution in [1.82, 2.24) is 0 Å². The molecule has 0 spiro atoms. The number of benzene rings is 6. The third-order valence-electron chi connectivity index (χ3n) is 9.44. The van der Waals surface area contributed by atoms with Gasteiger partial charge in [-0.1, -0.05) is 109 Å². The van der Waals surface area contributed by atoms with E-state index in [1.54, 1.807) is 31.8 Å². The second-order valence-electron chi connectivity index (χ2n) is 11.8. The Hall–Kier alpha value is -1.94. The standard InChI is InChI=1S/3C14H13P.2BrH.Ni/c3*1-2-15-13-9-5-3-7-11(13)12-8-4-6-10-14(12)15;;;/h3*3-10H,2H2,1H3;2*1H;/q;;;;;+2/p+1. The summed E-state index contributed by atoms with van der Waals surface area (Å²) in [5.41, 5.74) is 8.85. The fourth-order valence-corrected chi connectivity index (χ4v) is 15.7. The Morgan fingerprint density at radius 1 is 0.333 bits per heavy atom. The monoisotopic (exact) mass is 855 g/mol. The van der Waals surface area contributed by atoms with Crippen molar-refractivity contribution in [2.45, 2.75) is 20.8 Å². The molecule has 0 fully saturated rings. The number of halogens is 2. The van der Waals surface area contributed by atoms with E-state index >= 15 is 0 Å². The van der Waals surface area contributed by atoms with Crippen molar-refractivity contribution in [3.05, 3.63) is 146 Å². The molecule has 0 saturated carbocycles. The topological polar surface area (TPSA) is 0 Å². The van der Waals surface area contributed by atoms with E-state index in [1.807, 2.05) is 0 Å². The van der Waals surface area contributed by atoms with Crippen LogP contribution >= 0.6 is 52.2 Å². The molecule has 6 aromatic rings. The van der Waals surface area contributed by atoms with Gasteiger partial charge in [0.25, 0.3) is 0 Å². The molecule has 48 heavy (non-hydrogen) atoms. The molecule has 9 rings (SSSR count). The summed E-state index contributed by atoms with van der Waals surface area (Å²) in [5, 5.41) is 9.62. The summed E-state index contributed by atoms with van der Waals surface area (Å²) in [5.74, 6) is 0. The van der Waals surface area contributed by atoms with Gasteiger partial charge in [0, 0.05) is 33.4 Å². The molecule has 0 atom stereocenters. The Morgan fingerprint density at radius 3 is 0.625 bits per heavy atom. The SMILES string of the molecule is CC[PH+]1c2ccccc2-c2ccccc21.CC[PH+]1c2ccccc2-c2ccccc21.CC[PH+]1c2ccccc2-c2ccccc21.[Br][Ni][Br]. The number of fused-ring (bicyclic) bond motifs is 9. The minimum absolute atomic E-state index is 0.465. The molecule has 0 amide bonds. The summed E-state index contributed by atoms with van der Waals surface area (Å²) in [6, 6.07) is 53.4. The van der Waals surface area contributed by atoms with Crippen molar-refractivity contribution >= 4 is 84.0 Å². The predicted molar refractivity (Wildman–Crippen MR) is 228 cm³/mol. The van der Waals surface area contributed by atoms with Crippen LogP contribution in [-0.2, 0) is 10.9 Å². The molecule has 0 aromatic heterocycles. The Labute approximate surface area is 310 Å². The van der Waals surface area contributed by atoms with Crippen LogP contribution in [-0.4, -0.2) is 18.5 Å². The van der Waals surface area contributed by atoms with Crippen LogP contribution in [0.15, 0.2) is 146 Å². The predicted octanol–water partition coefficient (Wildman–Crippen LogP) is 10.2. The van der Waals surface area contributed by atoms with Gasteiger partial charge in [-0.2, -0.15) is 0 Å². The summed E-state index contributed by atoms with van der Waals surface area (Å²) in [4.78, 5) is 0. The third-order valence-corrected chi connectivity index (χ3v) is 18.1. The van der Waals surface area contributed by atoms with Crippen molar-refractivity contribution in [3.63, 3.8) is 0 Å². The van der Waals surface area contributed by atoms with Gasteiger partial charge in [-0.15, -0.1) is 0 Å². The van der Waals surface area contributed by atoms with Gasteiger partial charge >= 0.3 is 39.3 Å². The molecule has 3 heterocycles. The summed E-state index contributed by atoms with van der Waals surface area (Å²) in [6.07, 6.45) is 3.87. The van der Waals surface area contributed by atoms with Crippen molar-refractivity contribution in [3.8, 4) is 33.4 Å². The van der Waals surface area contributed by atoms with Gasteiger partial charge in [0.1, 0.15) is 31.8 Å². The van der Waals surface area contributed by atoms with Crippen LogP contribution in [0.3, 0.4) is 0 Å². The number of hydrogen-bond donors (Lipinski definition) is 0. The van der Waals surface area contributed by atoms with Gasteiger partial charge in [-0.05, 0) is 57.2 Å². The normalized spacial score (nSPS) is 13.3. The zero-order valence-corrected chi connectivity index (χ0v) is 34.7. The van der Waals surface area contributed by atoms with Gasteiger partial charge in [-0.3, -0.25) is 0 Å². The Bertz CT molecular complexity index is 1630. The summed E-state index contributed by atoms with van der Waals surface area (Å²) in [7, 11) is -0.145. The molecule has 6 heteroatoms. The number of rotatable bonds is 3. The van der Waals surface area contributed by atoms with Gasteiger partial charge in [0.05, 0.1) is 42.3 Å². The van der Waals surface area contributed by atoms with Crippen LogP contribution in [0.1, 0.15) is 20.8 Å². The molecule has 3 aliphatic rings. The number of hydrogen-bond acceptors (Lipinski definition) is 0. The van der Waals surface area contributed by atoms with Crippen LogP contribution in [0.2, 0.25) is 0 Å². The summed E-state index contributed by atoms with van der Waals surface area (Å²) >= 11 is 6.00. The molecule has 0 bridgehead atoms. The second-order valence-corrected chi connectivity index (χ2v) is 25.0. The first kappa shape index (κ1) is 35.9. The molecule has 0 aliphatic carbocycles. The fraction of sp³-hybridized carbons (Fsp3) is 0.143. The van der Waals surface area contributed by atoms with Crippen LogP contribution < -0.4 is 31.8 Å². The summed E-state index contributed by atoms with van der Waals surface area (Å²) < 4.78 is 0. The van der Waals surface area contributed by atoms with Crippen molar-refractivity contribution in [1.29, 1.82) is 0 Å². The molecule has 246 valence electrons. The summed E-state index contributed by atoms with van der Waals surface area (Å²) in [6.45, 7) is 6.94. The first-order chi connectivity index (χ1) is 23.7. The maximum absolute atomic E-state index is 3.00. The maximum atomic E-state index is 3.00. The van der Waals surface area contributed by atoms with Crippen molar-refractivity contribution in [2.24, 2.45) is 0 Å². The fourth-order valence-electron chi connectivity index (χ4n) is 7.46. The molecule has 6 aromatic carbocycles. The van der Waals surface area contributed by atoms with Gasteiger partial charge in [0.2, 0.25) is 0 Å². The zero-order chi connectivity index (χ0) is 33.5. The van der Waals surface area contributed by atoms with Crippen LogP contribution in [0.5, 0.6) is 0 Å². The average molecular weight is 858 g/mol. The van der Waals surface area contributed by atoms with Crippen LogP contribution in [0, 0.1) is 0 Å².